The second-order valence-corrected chi connectivity index (χ2v) is 4.49. The van der Waals surface area contributed by atoms with Gasteiger partial charge in [-0.3, -0.25) is 0 Å². The van der Waals surface area contributed by atoms with E-state index in [0.717, 1.165) is 19.0 Å². The van der Waals surface area contributed by atoms with Crippen molar-refractivity contribution >= 4 is 16.6 Å². The van der Waals surface area contributed by atoms with Crippen LogP contribution in [0.25, 0.3) is 10.9 Å². The molecule has 0 aliphatic carbocycles. The molecule has 3 rings (SSSR count). The largest absolute Gasteiger partial charge is 0.383 e. The van der Waals surface area contributed by atoms with Gasteiger partial charge in [0.15, 0.2) is 0 Å². The highest BCUT2D eigenvalue weighted by atomic mass is 15.0. The summed E-state index contributed by atoms with van der Waals surface area (Å²) < 4.78 is 0. The molecule has 16 heavy (non-hydrogen) atoms. The van der Waals surface area contributed by atoms with E-state index in [2.05, 4.69) is 46.1 Å². The van der Waals surface area contributed by atoms with E-state index in [-0.39, 0.29) is 0 Å². The summed E-state index contributed by atoms with van der Waals surface area (Å²) in [4.78, 5) is 3.29. The molecule has 0 saturated carbocycles. The van der Waals surface area contributed by atoms with Gasteiger partial charge in [-0.2, -0.15) is 0 Å². The first-order valence-electron chi connectivity index (χ1n) is 5.94. The number of aromatic nitrogens is 1. The Morgan fingerprint density at radius 1 is 1.31 bits per heavy atom. The summed E-state index contributed by atoms with van der Waals surface area (Å²) in [6.07, 6.45) is 3.35. The number of aromatic amines is 1. The summed E-state index contributed by atoms with van der Waals surface area (Å²) in [5.41, 5.74) is 2.43. The van der Waals surface area contributed by atoms with Crippen LogP contribution in [0.15, 0.2) is 30.5 Å². The lowest BCUT2D eigenvalue weighted by Gasteiger charge is -2.10. The standard InChI is InChI=1S/C13H17N3/c1-2-4-12-11(3-1)13(9-16-12)15-8-10-5-6-14-7-10/h1-4,9-10,14-16H,5-8H2. The predicted molar refractivity (Wildman–Crippen MR) is 67.8 cm³/mol. The average molecular weight is 215 g/mol. The van der Waals surface area contributed by atoms with E-state index in [0.29, 0.717) is 0 Å². The molecular weight excluding hydrogens is 198 g/mol. The third-order valence-corrected chi connectivity index (χ3v) is 3.33. The van der Waals surface area contributed by atoms with Crippen molar-refractivity contribution in [2.45, 2.75) is 6.42 Å². The Balaban J connectivity index is 1.73. The van der Waals surface area contributed by atoms with E-state index in [4.69, 9.17) is 0 Å². The number of anilines is 1. The van der Waals surface area contributed by atoms with E-state index in [9.17, 15) is 0 Å². The number of nitrogens with one attached hydrogen (secondary N) is 3. The molecule has 1 fully saturated rings. The molecule has 3 N–H and O–H groups in total. The number of hydrogen-bond donors (Lipinski definition) is 3. The van der Waals surface area contributed by atoms with Gasteiger partial charge in [-0.1, -0.05) is 18.2 Å². The number of benzene rings is 1. The van der Waals surface area contributed by atoms with Gasteiger partial charge in [0.2, 0.25) is 0 Å². The summed E-state index contributed by atoms with van der Waals surface area (Å²) in [7, 11) is 0. The molecule has 1 saturated heterocycles. The minimum Gasteiger partial charge on any atom is -0.383 e. The van der Waals surface area contributed by atoms with E-state index in [1.165, 1.54) is 29.6 Å². The van der Waals surface area contributed by atoms with Gasteiger partial charge in [0.25, 0.3) is 0 Å². The average Bonchev–Trinajstić information content (AvgIpc) is 2.96. The van der Waals surface area contributed by atoms with Crippen molar-refractivity contribution in [1.29, 1.82) is 0 Å². The highest BCUT2D eigenvalue weighted by molar-refractivity contribution is 5.92. The first-order valence-corrected chi connectivity index (χ1v) is 5.94. The van der Waals surface area contributed by atoms with Crippen molar-refractivity contribution < 1.29 is 0 Å². The summed E-state index contributed by atoms with van der Waals surface area (Å²) in [6.45, 7) is 3.38. The van der Waals surface area contributed by atoms with Crippen LogP contribution in [0.4, 0.5) is 5.69 Å². The Morgan fingerprint density at radius 3 is 3.12 bits per heavy atom. The molecule has 0 amide bonds. The van der Waals surface area contributed by atoms with Gasteiger partial charge in [-0.25, -0.2) is 0 Å². The molecule has 3 nitrogen and oxygen atoms in total. The first kappa shape index (κ1) is 9.73. The molecule has 2 aromatic rings. The fraction of sp³-hybridized carbons (Fsp3) is 0.385. The minimum atomic E-state index is 0.772. The lowest BCUT2D eigenvalue weighted by Crippen LogP contribution is -2.16. The second-order valence-electron chi connectivity index (χ2n) is 4.49. The summed E-state index contributed by atoms with van der Waals surface area (Å²) in [5.74, 6) is 0.772. The maximum Gasteiger partial charge on any atom is 0.0598 e. The van der Waals surface area contributed by atoms with Crippen molar-refractivity contribution in [1.82, 2.24) is 10.3 Å². The smallest absolute Gasteiger partial charge is 0.0598 e. The van der Waals surface area contributed by atoms with Crippen molar-refractivity contribution in [3.05, 3.63) is 30.5 Å². The summed E-state index contributed by atoms with van der Waals surface area (Å²) in [5, 5.41) is 8.22. The SMILES string of the molecule is c1ccc2c(NCC3CCNC3)c[nH]c2c1. The Kier molecular flexibility index (Phi) is 2.54. The van der Waals surface area contributed by atoms with Gasteiger partial charge < -0.3 is 15.6 Å². The molecule has 0 radical (unpaired) electrons. The Morgan fingerprint density at radius 2 is 2.25 bits per heavy atom. The number of rotatable bonds is 3. The zero-order chi connectivity index (χ0) is 10.8. The van der Waals surface area contributed by atoms with Crippen LogP contribution in [0.2, 0.25) is 0 Å². The third-order valence-electron chi connectivity index (χ3n) is 3.33. The molecule has 84 valence electrons. The molecule has 2 heterocycles. The fourth-order valence-electron chi connectivity index (χ4n) is 2.36. The van der Waals surface area contributed by atoms with E-state index in [1.807, 2.05) is 0 Å². The van der Waals surface area contributed by atoms with E-state index in [1.54, 1.807) is 0 Å². The fourth-order valence-corrected chi connectivity index (χ4v) is 2.36. The Hall–Kier alpha value is -1.48. The van der Waals surface area contributed by atoms with Crippen LogP contribution in [0, 0.1) is 5.92 Å². The van der Waals surface area contributed by atoms with Crippen LogP contribution in [-0.2, 0) is 0 Å². The molecule has 3 heteroatoms. The maximum absolute atomic E-state index is 3.54. The number of fused-ring (bicyclic) bond motifs is 1. The molecule has 1 atom stereocenters. The van der Waals surface area contributed by atoms with Gasteiger partial charge in [0.1, 0.15) is 0 Å². The molecule has 1 unspecified atom stereocenters. The Labute approximate surface area is 95.2 Å². The van der Waals surface area contributed by atoms with Gasteiger partial charge in [0.05, 0.1) is 5.69 Å². The van der Waals surface area contributed by atoms with Crippen LogP contribution < -0.4 is 10.6 Å². The zero-order valence-corrected chi connectivity index (χ0v) is 9.29. The third kappa shape index (κ3) is 1.78. The topological polar surface area (TPSA) is 39.8 Å². The molecule has 0 spiro atoms. The van der Waals surface area contributed by atoms with Gasteiger partial charge in [-0.15, -0.1) is 0 Å². The number of para-hydroxylation sites is 1. The van der Waals surface area contributed by atoms with Crippen molar-refractivity contribution in [2.75, 3.05) is 25.0 Å². The van der Waals surface area contributed by atoms with Crippen molar-refractivity contribution in [3.8, 4) is 0 Å². The number of H-pyrrole nitrogens is 1. The first-order chi connectivity index (χ1) is 7.93. The van der Waals surface area contributed by atoms with Crippen LogP contribution in [0.1, 0.15) is 6.42 Å². The minimum absolute atomic E-state index is 0.772. The Bertz CT molecular complexity index is 469. The van der Waals surface area contributed by atoms with Gasteiger partial charge in [0, 0.05) is 23.6 Å². The lowest BCUT2D eigenvalue weighted by molar-refractivity contribution is 0.616. The highest BCUT2D eigenvalue weighted by Gasteiger charge is 2.14. The maximum atomic E-state index is 3.54. The summed E-state index contributed by atoms with van der Waals surface area (Å²) >= 11 is 0. The summed E-state index contributed by atoms with van der Waals surface area (Å²) in [6, 6.07) is 8.40. The van der Waals surface area contributed by atoms with E-state index < -0.39 is 0 Å². The van der Waals surface area contributed by atoms with Crippen LogP contribution in [0.5, 0.6) is 0 Å². The molecule has 1 aliphatic heterocycles. The van der Waals surface area contributed by atoms with Crippen molar-refractivity contribution in [3.63, 3.8) is 0 Å². The number of hydrogen-bond acceptors (Lipinski definition) is 2. The quantitative estimate of drug-likeness (QED) is 0.734. The lowest BCUT2D eigenvalue weighted by atomic mass is 10.1. The molecular formula is C13H17N3. The van der Waals surface area contributed by atoms with Crippen molar-refractivity contribution in [2.24, 2.45) is 5.92 Å². The zero-order valence-electron chi connectivity index (χ0n) is 9.29. The molecule has 1 aromatic carbocycles. The normalized spacial score (nSPS) is 20.4. The van der Waals surface area contributed by atoms with Gasteiger partial charge in [-0.05, 0) is 31.5 Å². The molecule has 1 aromatic heterocycles. The molecule has 1 aliphatic rings. The van der Waals surface area contributed by atoms with E-state index >= 15 is 0 Å². The molecule has 0 bridgehead atoms. The highest BCUT2D eigenvalue weighted by Crippen LogP contribution is 2.23. The van der Waals surface area contributed by atoms with Crippen LogP contribution in [-0.4, -0.2) is 24.6 Å². The second kappa shape index (κ2) is 4.18. The van der Waals surface area contributed by atoms with Crippen LogP contribution in [0.3, 0.4) is 0 Å². The predicted octanol–water partition coefficient (Wildman–Crippen LogP) is 2.19. The van der Waals surface area contributed by atoms with Gasteiger partial charge >= 0.3 is 0 Å². The van der Waals surface area contributed by atoms with Crippen LogP contribution >= 0.6 is 0 Å². The monoisotopic (exact) mass is 215 g/mol.